The number of aryl methyl sites for hydroxylation is 2. The van der Waals surface area contributed by atoms with E-state index in [4.69, 9.17) is 5.84 Å². The number of halogens is 2. The maximum absolute atomic E-state index is 12.1. The van der Waals surface area contributed by atoms with Crippen molar-refractivity contribution < 1.29 is 13.5 Å². The molecule has 2 rings (SSSR count). The Kier molecular flexibility index (Phi) is 4.88. The molecule has 0 amide bonds. The van der Waals surface area contributed by atoms with Gasteiger partial charge in [-0.1, -0.05) is 35.9 Å². The van der Waals surface area contributed by atoms with Crippen molar-refractivity contribution in [3.63, 3.8) is 0 Å². The van der Waals surface area contributed by atoms with E-state index in [0.717, 1.165) is 16.7 Å². The lowest BCUT2D eigenvalue weighted by Gasteiger charge is -2.20. The van der Waals surface area contributed by atoms with Crippen molar-refractivity contribution in [2.75, 3.05) is 0 Å². The molecule has 0 saturated heterocycles. The summed E-state index contributed by atoms with van der Waals surface area (Å²) in [6, 6.07) is 12.4. The van der Waals surface area contributed by atoms with Crippen LogP contribution >= 0.6 is 0 Å². The van der Waals surface area contributed by atoms with Crippen molar-refractivity contribution in [1.29, 1.82) is 0 Å². The zero-order valence-electron chi connectivity index (χ0n) is 11.9. The van der Waals surface area contributed by atoms with Crippen LogP contribution in [0.25, 0.3) is 0 Å². The van der Waals surface area contributed by atoms with Crippen LogP contribution in [0.1, 0.15) is 28.3 Å². The van der Waals surface area contributed by atoms with Crippen LogP contribution in [0.3, 0.4) is 0 Å². The highest BCUT2D eigenvalue weighted by Gasteiger charge is 2.15. The van der Waals surface area contributed by atoms with Crippen LogP contribution in [0.15, 0.2) is 42.5 Å². The minimum Gasteiger partial charge on any atom is -0.435 e. The molecule has 0 bridgehead atoms. The molecule has 21 heavy (non-hydrogen) atoms. The number of benzene rings is 2. The molecule has 3 nitrogen and oxygen atoms in total. The predicted molar refractivity (Wildman–Crippen MR) is 78.2 cm³/mol. The maximum atomic E-state index is 12.1. The molecule has 0 aromatic heterocycles. The first-order valence-electron chi connectivity index (χ1n) is 6.59. The average Bonchev–Trinajstić information content (AvgIpc) is 2.43. The van der Waals surface area contributed by atoms with E-state index in [1.54, 1.807) is 12.1 Å². The Balaban J connectivity index is 2.28. The normalized spacial score (nSPS) is 12.5. The van der Waals surface area contributed by atoms with Crippen LogP contribution in [0, 0.1) is 13.8 Å². The highest BCUT2D eigenvalue weighted by atomic mass is 19.3. The lowest BCUT2D eigenvalue weighted by atomic mass is 9.94. The van der Waals surface area contributed by atoms with Crippen LogP contribution in [-0.2, 0) is 0 Å². The van der Waals surface area contributed by atoms with Gasteiger partial charge in [0.25, 0.3) is 0 Å². The molecule has 1 atom stereocenters. The Hall–Kier alpha value is -1.98. The summed E-state index contributed by atoms with van der Waals surface area (Å²) in [7, 11) is 0. The second-order valence-electron chi connectivity index (χ2n) is 4.91. The van der Waals surface area contributed by atoms with Gasteiger partial charge in [0.1, 0.15) is 5.75 Å². The van der Waals surface area contributed by atoms with E-state index in [0.29, 0.717) is 0 Å². The second-order valence-corrected chi connectivity index (χ2v) is 4.91. The topological polar surface area (TPSA) is 47.3 Å². The van der Waals surface area contributed by atoms with Gasteiger partial charge >= 0.3 is 6.61 Å². The van der Waals surface area contributed by atoms with Crippen LogP contribution in [0.2, 0.25) is 0 Å². The molecule has 0 aliphatic rings. The summed E-state index contributed by atoms with van der Waals surface area (Å²) >= 11 is 0. The number of hydrogen-bond donors (Lipinski definition) is 2. The first kappa shape index (κ1) is 15.4. The fraction of sp³-hybridized carbons (Fsp3) is 0.250. The molecule has 1 unspecified atom stereocenters. The van der Waals surface area contributed by atoms with Gasteiger partial charge < -0.3 is 4.74 Å². The van der Waals surface area contributed by atoms with Gasteiger partial charge in [-0.15, -0.1) is 0 Å². The minimum atomic E-state index is -2.82. The predicted octanol–water partition coefficient (Wildman–Crippen LogP) is 3.46. The fourth-order valence-corrected chi connectivity index (χ4v) is 2.36. The van der Waals surface area contributed by atoms with E-state index >= 15 is 0 Å². The third-order valence-electron chi connectivity index (χ3n) is 3.34. The second kappa shape index (κ2) is 6.65. The maximum Gasteiger partial charge on any atom is 0.387 e. The molecule has 0 aliphatic heterocycles. The van der Waals surface area contributed by atoms with Crippen molar-refractivity contribution in [3.05, 3.63) is 64.7 Å². The number of ether oxygens (including phenoxy) is 1. The largest absolute Gasteiger partial charge is 0.435 e. The Morgan fingerprint density at radius 2 is 1.71 bits per heavy atom. The fourth-order valence-electron chi connectivity index (χ4n) is 2.36. The van der Waals surface area contributed by atoms with E-state index in [-0.39, 0.29) is 11.8 Å². The van der Waals surface area contributed by atoms with Gasteiger partial charge in [-0.25, -0.2) is 5.43 Å². The molecule has 0 heterocycles. The van der Waals surface area contributed by atoms with Crippen molar-refractivity contribution in [2.45, 2.75) is 26.5 Å². The zero-order valence-corrected chi connectivity index (χ0v) is 11.9. The van der Waals surface area contributed by atoms with E-state index in [1.165, 1.54) is 17.7 Å². The third-order valence-corrected chi connectivity index (χ3v) is 3.34. The highest BCUT2D eigenvalue weighted by molar-refractivity contribution is 5.40. The zero-order chi connectivity index (χ0) is 15.4. The molecular weight excluding hydrogens is 274 g/mol. The summed E-state index contributed by atoms with van der Waals surface area (Å²) in [5, 5.41) is 0. The Bertz CT molecular complexity index is 600. The van der Waals surface area contributed by atoms with Gasteiger partial charge in [-0.05, 0) is 42.7 Å². The molecule has 0 saturated carbocycles. The molecule has 2 aromatic carbocycles. The molecule has 0 aliphatic carbocycles. The molecule has 5 heteroatoms. The number of hydrogen-bond acceptors (Lipinski definition) is 3. The highest BCUT2D eigenvalue weighted by Crippen LogP contribution is 2.26. The summed E-state index contributed by atoms with van der Waals surface area (Å²) < 4.78 is 28.6. The Morgan fingerprint density at radius 1 is 1.05 bits per heavy atom. The van der Waals surface area contributed by atoms with Gasteiger partial charge in [-0.3, -0.25) is 5.84 Å². The molecular formula is C16H18F2N2O. The van der Waals surface area contributed by atoms with Crippen molar-refractivity contribution in [1.82, 2.24) is 5.43 Å². The Labute approximate surface area is 122 Å². The van der Waals surface area contributed by atoms with Crippen molar-refractivity contribution >= 4 is 0 Å². The lowest BCUT2D eigenvalue weighted by molar-refractivity contribution is -0.0498. The number of alkyl halides is 2. The number of nitrogens with two attached hydrogens (primary N) is 1. The van der Waals surface area contributed by atoms with Gasteiger partial charge in [0.2, 0.25) is 0 Å². The summed E-state index contributed by atoms with van der Waals surface area (Å²) in [6.07, 6.45) is 0. The first-order chi connectivity index (χ1) is 10.0. The van der Waals surface area contributed by atoms with Gasteiger partial charge in [0.15, 0.2) is 0 Å². The SMILES string of the molecule is Cc1ccc(C(NN)c2ccc(OC(F)F)cc2)c(C)c1. The molecule has 0 radical (unpaired) electrons. The molecule has 2 aromatic rings. The van der Waals surface area contributed by atoms with Crippen molar-refractivity contribution in [2.24, 2.45) is 5.84 Å². The number of rotatable bonds is 5. The standard InChI is InChI=1S/C16H18F2N2O/c1-10-3-8-14(11(2)9-10)15(20-19)12-4-6-13(7-5-12)21-16(17)18/h3-9,15-16,20H,19H2,1-2H3. The monoisotopic (exact) mass is 292 g/mol. The van der Waals surface area contributed by atoms with Gasteiger partial charge in [0, 0.05) is 0 Å². The lowest BCUT2D eigenvalue weighted by Crippen LogP contribution is -2.29. The average molecular weight is 292 g/mol. The van der Waals surface area contributed by atoms with Crippen LogP contribution < -0.4 is 16.0 Å². The smallest absolute Gasteiger partial charge is 0.387 e. The summed E-state index contributed by atoms with van der Waals surface area (Å²) in [6.45, 7) is 1.22. The van der Waals surface area contributed by atoms with Crippen LogP contribution in [0.5, 0.6) is 5.75 Å². The van der Waals surface area contributed by atoms with E-state index in [1.807, 2.05) is 26.0 Å². The Morgan fingerprint density at radius 3 is 2.24 bits per heavy atom. The van der Waals surface area contributed by atoms with Gasteiger partial charge in [-0.2, -0.15) is 8.78 Å². The third kappa shape index (κ3) is 3.77. The quantitative estimate of drug-likeness (QED) is 0.655. The summed E-state index contributed by atoms with van der Waals surface area (Å²) in [5.74, 6) is 5.79. The summed E-state index contributed by atoms with van der Waals surface area (Å²) in [5.41, 5.74) is 6.98. The van der Waals surface area contributed by atoms with Crippen LogP contribution in [0.4, 0.5) is 8.78 Å². The molecule has 0 fully saturated rings. The molecule has 112 valence electrons. The van der Waals surface area contributed by atoms with E-state index in [9.17, 15) is 8.78 Å². The minimum absolute atomic E-state index is 0.130. The van der Waals surface area contributed by atoms with Gasteiger partial charge in [0.05, 0.1) is 6.04 Å². The summed E-state index contributed by atoms with van der Waals surface area (Å²) in [4.78, 5) is 0. The molecule has 0 spiro atoms. The van der Waals surface area contributed by atoms with Crippen molar-refractivity contribution in [3.8, 4) is 5.75 Å². The molecule has 3 N–H and O–H groups in total. The first-order valence-corrected chi connectivity index (χ1v) is 6.59. The van der Waals surface area contributed by atoms with E-state index in [2.05, 4.69) is 16.2 Å². The van der Waals surface area contributed by atoms with Crippen LogP contribution in [-0.4, -0.2) is 6.61 Å². The number of hydrazine groups is 1. The van der Waals surface area contributed by atoms with E-state index < -0.39 is 6.61 Å². The number of nitrogens with one attached hydrogen (secondary N) is 1.